The van der Waals surface area contributed by atoms with E-state index in [1.54, 1.807) is 0 Å². The predicted octanol–water partition coefficient (Wildman–Crippen LogP) is 4.32. The molecule has 0 spiro atoms. The quantitative estimate of drug-likeness (QED) is 0.459. The Morgan fingerprint density at radius 1 is 0.778 bits per heavy atom. The maximum atomic E-state index is 6.05. The molecule has 18 heavy (non-hydrogen) atoms. The van der Waals surface area contributed by atoms with Gasteiger partial charge in [-0.1, -0.05) is 30.3 Å². The van der Waals surface area contributed by atoms with Gasteiger partial charge >= 0.3 is 0 Å². The molecule has 0 aliphatic rings. The molecule has 2 nitrogen and oxygen atoms in total. The van der Waals surface area contributed by atoms with Crippen molar-refractivity contribution in [3.63, 3.8) is 0 Å². The lowest BCUT2D eigenvalue weighted by Gasteiger charge is -1.98. The highest BCUT2D eigenvalue weighted by Crippen LogP contribution is 2.34. The average Bonchev–Trinajstić information content (AvgIpc) is 2.74. The average molecular weight is 233 g/mol. The molecule has 0 amide bonds. The van der Waals surface area contributed by atoms with Gasteiger partial charge in [0.1, 0.15) is 11.2 Å². The second-order valence-corrected chi connectivity index (χ2v) is 4.52. The van der Waals surface area contributed by atoms with Crippen LogP contribution in [0.4, 0.5) is 5.69 Å². The van der Waals surface area contributed by atoms with Crippen molar-refractivity contribution in [2.45, 2.75) is 0 Å². The molecule has 4 rings (SSSR count). The molecule has 2 heteroatoms. The van der Waals surface area contributed by atoms with Crippen LogP contribution in [0.25, 0.3) is 32.7 Å². The Morgan fingerprint density at radius 3 is 2.39 bits per heavy atom. The zero-order chi connectivity index (χ0) is 12.1. The van der Waals surface area contributed by atoms with E-state index >= 15 is 0 Å². The van der Waals surface area contributed by atoms with Crippen LogP contribution in [0.3, 0.4) is 0 Å². The molecule has 86 valence electrons. The molecule has 0 saturated carbocycles. The molecular weight excluding hydrogens is 222 g/mol. The van der Waals surface area contributed by atoms with E-state index in [0.29, 0.717) is 0 Å². The summed E-state index contributed by atoms with van der Waals surface area (Å²) in [6.45, 7) is 0. The van der Waals surface area contributed by atoms with E-state index in [0.717, 1.165) is 27.6 Å². The number of fused-ring (bicyclic) bond motifs is 4. The minimum absolute atomic E-state index is 0.765. The van der Waals surface area contributed by atoms with Crippen molar-refractivity contribution >= 4 is 38.4 Å². The van der Waals surface area contributed by atoms with Crippen LogP contribution in [0.15, 0.2) is 59.0 Å². The van der Waals surface area contributed by atoms with Crippen molar-refractivity contribution in [2.75, 3.05) is 5.73 Å². The number of furan rings is 1. The predicted molar refractivity (Wildman–Crippen MR) is 75.6 cm³/mol. The van der Waals surface area contributed by atoms with Gasteiger partial charge in [0, 0.05) is 11.1 Å². The Balaban J connectivity index is 2.29. The van der Waals surface area contributed by atoms with Crippen LogP contribution in [0.1, 0.15) is 0 Å². The highest BCUT2D eigenvalue weighted by atomic mass is 16.3. The number of nitrogen functional groups attached to an aromatic ring is 1. The van der Waals surface area contributed by atoms with E-state index in [2.05, 4.69) is 24.3 Å². The van der Waals surface area contributed by atoms with Crippen LogP contribution in [-0.4, -0.2) is 0 Å². The first-order valence-corrected chi connectivity index (χ1v) is 5.92. The molecule has 0 saturated heterocycles. The van der Waals surface area contributed by atoms with Gasteiger partial charge in [0.2, 0.25) is 0 Å². The van der Waals surface area contributed by atoms with Gasteiger partial charge in [-0.3, -0.25) is 0 Å². The second-order valence-electron chi connectivity index (χ2n) is 4.52. The van der Waals surface area contributed by atoms with E-state index in [4.69, 9.17) is 10.2 Å². The number of hydrogen-bond donors (Lipinski definition) is 1. The molecule has 3 aromatic carbocycles. The molecule has 2 N–H and O–H groups in total. The number of anilines is 1. The smallest absolute Gasteiger partial charge is 0.137 e. The maximum absolute atomic E-state index is 6.05. The Bertz CT molecular complexity index is 889. The van der Waals surface area contributed by atoms with E-state index in [1.807, 2.05) is 30.3 Å². The number of nitrogens with two attached hydrogens (primary N) is 1. The minimum atomic E-state index is 0.765. The third-order valence-corrected chi connectivity index (χ3v) is 3.40. The second kappa shape index (κ2) is 3.26. The first-order valence-electron chi connectivity index (χ1n) is 5.92. The Kier molecular flexibility index (Phi) is 1.73. The van der Waals surface area contributed by atoms with E-state index < -0.39 is 0 Å². The van der Waals surface area contributed by atoms with Crippen LogP contribution in [0, 0.1) is 0 Å². The van der Waals surface area contributed by atoms with Crippen LogP contribution >= 0.6 is 0 Å². The summed E-state index contributed by atoms with van der Waals surface area (Å²) in [5.74, 6) is 0. The summed E-state index contributed by atoms with van der Waals surface area (Å²) in [6.07, 6.45) is 0. The number of hydrogen-bond acceptors (Lipinski definition) is 2. The lowest BCUT2D eigenvalue weighted by Crippen LogP contribution is -1.83. The summed E-state index contributed by atoms with van der Waals surface area (Å²) in [7, 11) is 0. The fourth-order valence-electron chi connectivity index (χ4n) is 2.54. The van der Waals surface area contributed by atoms with Gasteiger partial charge in [-0.05, 0) is 35.0 Å². The molecule has 0 radical (unpaired) electrons. The van der Waals surface area contributed by atoms with Crippen molar-refractivity contribution in [3.05, 3.63) is 54.6 Å². The largest absolute Gasteiger partial charge is 0.456 e. The maximum Gasteiger partial charge on any atom is 0.137 e. The van der Waals surface area contributed by atoms with Crippen molar-refractivity contribution in [1.82, 2.24) is 0 Å². The minimum Gasteiger partial charge on any atom is -0.456 e. The van der Waals surface area contributed by atoms with E-state index in [9.17, 15) is 0 Å². The summed E-state index contributed by atoms with van der Waals surface area (Å²) >= 11 is 0. The first kappa shape index (κ1) is 9.54. The summed E-state index contributed by atoms with van der Waals surface area (Å²) in [4.78, 5) is 0. The number of benzene rings is 3. The van der Waals surface area contributed by atoms with E-state index in [1.165, 1.54) is 10.8 Å². The van der Waals surface area contributed by atoms with Crippen molar-refractivity contribution in [3.8, 4) is 0 Å². The Morgan fingerprint density at radius 2 is 1.56 bits per heavy atom. The van der Waals surface area contributed by atoms with Crippen LogP contribution in [0.5, 0.6) is 0 Å². The first-order chi connectivity index (χ1) is 8.83. The summed E-state index contributed by atoms with van der Waals surface area (Å²) in [5.41, 5.74) is 8.55. The normalized spacial score (nSPS) is 11.6. The standard InChI is InChI=1S/C16H11NO/c17-13-6-3-7-14-16(13)12-8-10-4-1-2-5-11(10)9-15(12)18-14/h1-9H,17H2. The molecule has 1 aromatic heterocycles. The van der Waals surface area contributed by atoms with Crippen LogP contribution in [0.2, 0.25) is 0 Å². The molecule has 0 aliphatic carbocycles. The van der Waals surface area contributed by atoms with Gasteiger partial charge in [-0.2, -0.15) is 0 Å². The lowest BCUT2D eigenvalue weighted by molar-refractivity contribution is 0.669. The Hall–Kier alpha value is -2.48. The highest BCUT2D eigenvalue weighted by Gasteiger charge is 2.10. The van der Waals surface area contributed by atoms with Crippen molar-refractivity contribution < 1.29 is 4.42 Å². The summed E-state index contributed by atoms with van der Waals surface area (Å²) in [5, 5.41) is 4.48. The molecule has 0 aliphatic heterocycles. The molecule has 1 heterocycles. The van der Waals surface area contributed by atoms with Crippen molar-refractivity contribution in [2.24, 2.45) is 0 Å². The fraction of sp³-hybridized carbons (Fsp3) is 0. The van der Waals surface area contributed by atoms with Crippen molar-refractivity contribution in [1.29, 1.82) is 0 Å². The third-order valence-electron chi connectivity index (χ3n) is 3.40. The zero-order valence-electron chi connectivity index (χ0n) is 9.68. The monoisotopic (exact) mass is 233 g/mol. The summed E-state index contributed by atoms with van der Waals surface area (Å²) in [6, 6.07) is 18.3. The van der Waals surface area contributed by atoms with Crippen LogP contribution < -0.4 is 5.73 Å². The molecule has 4 aromatic rings. The summed E-state index contributed by atoms with van der Waals surface area (Å²) < 4.78 is 5.86. The number of rotatable bonds is 0. The van der Waals surface area contributed by atoms with Gasteiger partial charge in [0.05, 0.1) is 5.39 Å². The molecule has 0 bridgehead atoms. The van der Waals surface area contributed by atoms with Gasteiger partial charge in [0.15, 0.2) is 0 Å². The topological polar surface area (TPSA) is 39.2 Å². The van der Waals surface area contributed by atoms with Gasteiger partial charge in [-0.25, -0.2) is 0 Å². The molecule has 0 atom stereocenters. The van der Waals surface area contributed by atoms with E-state index in [-0.39, 0.29) is 0 Å². The molecule has 0 fully saturated rings. The third kappa shape index (κ3) is 1.17. The van der Waals surface area contributed by atoms with Gasteiger partial charge in [-0.15, -0.1) is 0 Å². The molecular formula is C16H11NO. The zero-order valence-corrected chi connectivity index (χ0v) is 9.68. The molecule has 0 unspecified atom stereocenters. The van der Waals surface area contributed by atoms with Gasteiger partial charge < -0.3 is 10.2 Å². The highest BCUT2D eigenvalue weighted by molar-refractivity contribution is 6.14. The SMILES string of the molecule is Nc1cccc2oc3cc4ccccc4cc3c12. The van der Waals surface area contributed by atoms with Crippen LogP contribution in [-0.2, 0) is 0 Å². The lowest BCUT2D eigenvalue weighted by atomic mass is 10.1. The fourth-order valence-corrected chi connectivity index (χ4v) is 2.54. The van der Waals surface area contributed by atoms with Gasteiger partial charge in [0.25, 0.3) is 0 Å². The Labute approximate surface area is 104 Å².